The zero-order valence-electron chi connectivity index (χ0n) is 9.69. The molecule has 1 aromatic rings. The molecule has 0 aliphatic rings. The number of unbranched alkanes of at least 4 members (excludes halogenated alkanes) is 2. The van der Waals surface area contributed by atoms with Gasteiger partial charge in [0.15, 0.2) is 0 Å². The predicted molar refractivity (Wildman–Crippen MR) is 67.3 cm³/mol. The molecule has 0 aromatic carbocycles. The Balaban J connectivity index is 2.46. The second-order valence-corrected chi connectivity index (χ2v) is 3.85. The van der Waals surface area contributed by atoms with Crippen LogP contribution in [-0.4, -0.2) is 30.3 Å². The van der Waals surface area contributed by atoms with Gasteiger partial charge in [0.25, 0.3) is 0 Å². The van der Waals surface area contributed by atoms with E-state index in [1.54, 1.807) is 6.07 Å². The highest BCUT2D eigenvalue weighted by atomic mass is 16.2. The monoisotopic (exact) mass is 224 g/mol. The van der Waals surface area contributed by atoms with E-state index in [0.29, 0.717) is 11.5 Å². The Kier molecular flexibility index (Phi) is 4.85. The van der Waals surface area contributed by atoms with Gasteiger partial charge in [-0.3, -0.25) is 0 Å². The van der Waals surface area contributed by atoms with Crippen LogP contribution < -0.4 is 16.4 Å². The van der Waals surface area contributed by atoms with Crippen LogP contribution in [-0.2, 0) is 0 Å². The minimum absolute atomic E-state index is 0.261. The molecule has 5 heteroatoms. The van der Waals surface area contributed by atoms with E-state index in [1.807, 2.05) is 18.0 Å². The largest absolute Gasteiger partial charge is 0.396 e. The minimum Gasteiger partial charge on any atom is -0.396 e. The summed E-state index contributed by atoms with van der Waals surface area (Å²) in [6.45, 7) is 1.16. The lowest BCUT2D eigenvalue weighted by atomic mass is 10.2. The van der Waals surface area contributed by atoms with Crippen molar-refractivity contribution in [2.24, 2.45) is 0 Å². The first kappa shape index (κ1) is 12.6. The lowest BCUT2D eigenvalue weighted by Crippen LogP contribution is -2.20. The van der Waals surface area contributed by atoms with Crippen LogP contribution in [0, 0.1) is 0 Å². The van der Waals surface area contributed by atoms with Crippen LogP contribution in [0.15, 0.2) is 12.1 Å². The number of hydrogen-bond donors (Lipinski definition) is 3. The summed E-state index contributed by atoms with van der Waals surface area (Å²) in [7, 11) is 1.97. The summed E-state index contributed by atoms with van der Waals surface area (Å²) >= 11 is 0. The Labute approximate surface area is 96.1 Å². The van der Waals surface area contributed by atoms with Gasteiger partial charge in [0.2, 0.25) is 0 Å². The first-order chi connectivity index (χ1) is 7.65. The zero-order chi connectivity index (χ0) is 12.0. The van der Waals surface area contributed by atoms with E-state index in [0.717, 1.165) is 31.6 Å². The molecule has 0 aliphatic heterocycles. The first-order valence-electron chi connectivity index (χ1n) is 5.49. The Hall–Kier alpha value is -1.49. The maximum Gasteiger partial charge on any atom is 0.149 e. The molecule has 0 bridgehead atoms. The van der Waals surface area contributed by atoms with E-state index in [9.17, 15) is 0 Å². The number of aromatic nitrogens is 1. The fraction of sp³-hybridized carbons (Fsp3) is 0.545. The van der Waals surface area contributed by atoms with Crippen molar-refractivity contribution in [1.82, 2.24) is 4.98 Å². The second-order valence-electron chi connectivity index (χ2n) is 3.85. The fourth-order valence-corrected chi connectivity index (χ4v) is 1.44. The summed E-state index contributed by atoms with van der Waals surface area (Å²) in [5, 5.41) is 8.66. The van der Waals surface area contributed by atoms with Crippen molar-refractivity contribution in [3.8, 4) is 0 Å². The zero-order valence-corrected chi connectivity index (χ0v) is 9.69. The van der Waals surface area contributed by atoms with Crippen LogP contribution in [0.25, 0.3) is 0 Å². The third kappa shape index (κ3) is 3.58. The molecular formula is C11H20N4O. The number of nitrogen functional groups attached to an aromatic ring is 2. The quantitative estimate of drug-likeness (QED) is 0.623. The van der Waals surface area contributed by atoms with Gasteiger partial charge in [-0.1, -0.05) is 0 Å². The first-order valence-corrected chi connectivity index (χ1v) is 5.49. The summed E-state index contributed by atoms with van der Waals surface area (Å²) < 4.78 is 0. The van der Waals surface area contributed by atoms with Gasteiger partial charge in [-0.2, -0.15) is 0 Å². The third-order valence-electron chi connectivity index (χ3n) is 2.49. The molecule has 5 N–H and O–H groups in total. The summed E-state index contributed by atoms with van der Waals surface area (Å²) in [5.74, 6) is 1.20. The molecular weight excluding hydrogens is 204 g/mol. The highest BCUT2D eigenvalue weighted by Gasteiger charge is 2.04. The minimum atomic E-state index is 0.261. The van der Waals surface area contributed by atoms with E-state index < -0.39 is 0 Å². The van der Waals surface area contributed by atoms with Gasteiger partial charge < -0.3 is 21.5 Å². The molecule has 5 nitrogen and oxygen atoms in total. The van der Waals surface area contributed by atoms with Gasteiger partial charge >= 0.3 is 0 Å². The Bertz CT molecular complexity index is 330. The normalized spacial score (nSPS) is 10.4. The molecule has 0 amide bonds. The fourth-order valence-electron chi connectivity index (χ4n) is 1.44. The number of pyridine rings is 1. The van der Waals surface area contributed by atoms with Gasteiger partial charge in [-0.05, 0) is 31.4 Å². The number of hydrogen-bond acceptors (Lipinski definition) is 5. The smallest absolute Gasteiger partial charge is 0.149 e. The standard InChI is InChI=1S/C11H20N4O/c1-15(7-3-2-4-8-16)10-6-5-9(12)11(13)14-10/h5-6,16H,2-4,7-8,12H2,1H3,(H2,13,14). The maximum atomic E-state index is 8.66. The summed E-state index contributed by atoms with van der Waals surface area (Å²) in [6, 6.07) is 3.62. The van der Waals surface area contributed by atoms with Crippen LogP contribution in [0.3, 0.4) is 0 Å². The summed E-state index contributed by atoms with van der Waals surface area (Å²) in [5.41, 5.74) is 11.7. The van der Waals surface area contributed by atoms with Crippen molar-refractivity contribution in [2.45, 2.75) is 19.3 Å². The Morgan fingerprint density at radius 3 is 2.62 bits per heavy atom. The van der Waals surface area contributed by atoms with E-state index in [2.05, 4.69) is 4.98 Å². The van der Waals surface area contributed by atoms with Gasteiger partial charge in [-0.25, -0.2) is 4.98 Å². The van der Waals surface area contributed by atoms with E-state index in [4.69, 9.17) is 16.6 Å². The molecule has 0 saturated heterocycles. The molecule has 1 heterocycles. The second kappa shape index (κ2) is 6.17. The average Bonchev–Trinajstić information content (AvgIpc) is 2.28. The van der Waals surface area contributed by atoms with Gasteiger partial charge in [0.05, 0.1) is 5.69 Å². The Morgan fingerprint density at radius 1 is 1.25 bits per heavy atom. The Morgan fingerprint density at radius 2 is 2.00 bits per heavy atom. The van der Waals surface area contributed by atoms with Gasteiger partial charge in [0.1, 0.15) is 11.6 Å². The van der Waals surface area contributed by atoms with Crippen LogP contribution in [0.1, 0.15) is 19.3 Å². The van der Waals surface area contributed by atoms with Crippen molar-refractivity contribution in [3.63, 3.8) is 0 Å². The molecule has 0 saturated carbocycles. The van der Waals surface area contributed by atoms with Crippen LogP contribution in [0.4, 0.5) is 17.3 Å². The van der Waals surface area contributed by atoms with Crippen molar-refractivity contribution >= 4 is 17.3 Å². The number of nitrogens with two attached hydrogens (primary N) is 2. The SMILES string of the molecule is CN(CCCCCO)c1ccc(N)c(N)n1. The lowest BCUT2D eigenvalue weighted by Gasteiger charge is -2.18. The molecule has 0 radical (unpaired) electrons. The molecule has 1 rings (SSSR count). The highest BCUT2D eigenvalue weighted by molar-refractivity contribution is 5.61. The molecule has 1 aromatic heterocycles. The number of anilines is 3. The highest BCUT2D eigenvalue weighted by Crippen LogP contribution is 2.17. The van der Waals surface area contributed by atoms with Crippen molar-refractivity contribution in [2.75, 3.05) is 36.6 Å². The molecule has 0 atom stereocenters. The average molecular weight is 224 g/mol. The number of aliphatic hydroxyl groups excluding tert-OH is 1. The molecule has 16 heavy (non-hydrogen) atoms. The van der Waals surface area contributed by atoms with Crippen LogP contribution in [0.2, 0.25) is 0 Å². The van der Waals surface area contributed by atoms with Crippen LogP contribution >= 0.6 is 0 Å². The molecule has 0 aliphatic carbocycles. The van der Waals surface area contributed by atoms with Crippen molar-refractivity contribution < 1.29 is 5.11 Å². The van der Waals surface area contributed by atoms with Crippen LogP contribution in [0.5, 0.6) is 0 Å². The predicted octanol–water partition coefficient (Wildman–Crippen LogP) is 0.845. The third-order valence-corrected chi connectivity index (χ3v) is 2.49. The molecule has 0 spiro atoms. The van der Waals surface area contributed by atoms with Gasteiger partial charge in [0, 0.05) is 20.2 Å². The topological polar surface area (TPSA) is 88.4 Å². The maximum absolute atomic E-state index is 8.66. The van der Waals surface area contributed by atoms with Crippen molar-refractivity contribution in [3.05, 3.63) is 12.1 Å². The molecule has 90 valence electrons. The summed E-state index contributed by atoms with van der Waals surface area (Å²) in [6.07, 6.45) is 2.90. The van der Waals surface area contributed by atoms with E-state index >= 15 is 0 Å². The van der Waals surface area contributed by atoms with Crippen molar-refractivity contribution in [1.29, 1.82) is 0 Å². The van der Waals surface area contributed by atoms with E-state index in [-0.39, 0.29) is 6.61 Å². The summed E-state index contributed by atoms with van der Waals surface area (Å²) in [4.78, 5) is 6.24. The number of rotatable bonds is 6. The molecule has 0 unspecified atom stereocenters. The lowest BCUT2D eigenvalue weighted by molar-refractivity contribution is 0.283. The van der Waals surface area contributed by atoms with E-state index in [1.165, 1.54) is 0 Å². The number of nitrogens with zero attached hydrogens (tertiary/aromatic N) is 2. The van der Waals surface area contributed by atoms with Gasteiger partial charge in [-0.15, -0.1) is 0 Å². The number of aliphatic hydroxyl groups is 1. The molecule has 0 fully saturated rings.